The number of ether oxygens (including phenoxy) is 6. The number of hydrogen-bond donors (Lipinski definition) is 0. The highest BCUT2D eigenvalue weighted by molar-refractivity contribution is 6.74. The fourth-order valence-corrected chi connectivity index (χ4v) is 5.69. The Morgan fingerprint density at radius 1 is 0.947 bits per heavy atom. The van der Waals surface area contributed by atoms with Crippen LogP contribution in [0.25, 0.3) is 6.08 Å². The van der Waals surface area contributed by atoms with Gasteiger partial charge in [-0.3, -0.25) is 4.79 Å². The summed E-state index contributed by atoms with van der Waals surface area (Å²) in [6, 6.07) is 7.67. The first-order valence-corrected chi connectivity index (χ1v) is 15.5. The van der Waals surface area contributed by atoms with Gasteiger partial charge in [0.2, 0.25) is 12.5 Å². The quantitative estimate of drug-likeness (QED) is 0.307. The van der Waals surface area contributed by atoms with Crippen molar-refractivity contribution >= 4 is 20.4 Å². The molecule has 38 heavy (non-hydrogen) atoms. The molecule has 0 saturated heterocycles. The fourth-order valence-electron chi connectivity index (χ4n) is 4.73. The van der Waals surface area contributed by atoms with Gasteiger partial charge in [0.25, 0.3) is 0 Å². The second kappa shape index (κ2) is 10.5. The number of carbonyl (C=O) groups excluding carboxylic acids is 1. The van der Waals surface area contributed by atoms with Crippen LogP contribution in [0.2, 0.25) is 18.1 Å². The highest BCUT2D eigenvalue weighted by Crippen LogP contribution is 2.51. The van der Waals surface area contributed by atoms with Gasteiger partial charge in [-0.05, 0) is 64.7 Å². The largest absolute Gasteiger partial charge is 0.493 e. The van der Waals surface area contributed by atoms with E-state index in [1.54, 1.807) is 21.3 Å². The highest BCUT2D eigenvalue weighted by atomic mass is 28.4. The summed E-state index contributed by atoms with van der Waals surface area (Å²) in [4.78, 5) is 13.5. The van der Waals surface area contributed by atoms with Crippen LogP contribution >= 0.6 is 0 Å². The van der Waals surface area contributed by atoms with Gasteiger partial charge in [-0.1, -0.05) is 26.8 Å². The van der Waals surface area contributed by atoms with Crippen molar-refractivity contribution in [2.75, 3.05) is 41.8 Å². The minimum atomic E-state index is -2.11. The standard InChI is InChI=1S/C29H38O8Si/c1-29(2,3)38(8,9)37-15-19-10-17-11-21-22(36-16-35-21)14-20(17)25(26(19)28(30)34-7)18-12-23(31-4)27(33-6)24(13-18)32-5/h10-14,25-26H,15-16H2,1-9H3/t25-,26-/m1/s1. The maximum atomic E-state index is 13.5. The van der Waals surface area contributed by atoms with Crippen molar-refractivity contribution in [2.45, 2.75) is 44.8 Å². The van der Waals surface area contributed by atoms with Crippen molar-refractivity contribution in [3.8, 4) is 28.7 Å². The number of hydrogen-bond acceptors (Lipinski definition) is 8. The van der Waals surface area contributed by atoms with E-state index in [4.69, 9.17) is 32.8 Å². The van der Waals surface area contributed by atoms with Crippen LogP contribution in [0.4, 0.5) is 0 Å². The predicted octanol–water partition coefficient (Wildman–Crippen LogP) is 5.78. The molecule has 0 aromatic heterocycles. The third-order valence-electron chi connectivity index (χ3n) is 7.89. The number of esters is 1. The lowest BCUT2D eigenvalue weighted by Gasteiger charge is -2.39. The molecule has 0 spiro atoms. The smallest absolute Gasteiger partial charge is 0.313 e. The molecule has 0 saturated carbocycles. The Bertz CT molecular complexity index is 1220. The summed E-state index contributed by atoms with van der Waals surface area (Å²) in [5.41, 5.74) is 3.50. The summed E-state index contributed by atoms with van der Waals surface area (Å²) in [5.74, 6) is 1.38. The van der Waals surface area contributed by atoms with Gasteiger partial charge in [0, 0.05) is 5.92 Å². The van der Waals surface area contributed by atoms with E-state index in [-0.39, 0.29) is 17.8 Å². The maximum Gasteiger partial charge on any atom is 0.313 e. The molecule has 2 aromatic rings. The molecule has 1 heterocycles. The van der Waals surface area contributed by atoms with Gasteiger partial charge in [0.15, 0.2) is 31.3 Å². The molecule has 2 atom stereocenters. The molecular formula is C29H38O8Si. The normalized spacial score (nSPS) is 18.4. The number of benzene rings is 2. The van der Waals surface area contributed by atoms with Crippen LogP contribution in [0.1, 0.15) is 43.4 Å². The number of carbonyl (C=O) groups is 1. The summed E-state index contributed by atoms with van der Waals surface area (Å²) < 4.78 is 40.2. The van der Waals surface area contributed by atoms with Gasteiger partial charge in [0.05, 0.1) is 41.0 Å². The van der Waals surface area contributed by atoms with Crippen molar-refractivity contribution in [1.29, 1.82) is 0 Å². The molecule has 9 heteroatoms. The second-order valence-electron chi connectivity index (χ2n) is 11.0. The second-order valence-corrected chi connectivity index (χ2v) is 15.8. The lowest BCUT2D eigenvalue weighted by atomic mass is 9.71. The van der Waals surface area contributed by atoms with Gasteiger partial charge >= 0.3 is 5.97 Å². The minimum Gasteiger partial charge on any atom is -0.493 e. The van der Waals surface area contributed by atoms with Crippen molar-refractivity contribution in [3.63, 3.8) is 0 Å². The monoisotopic (exact) mass is 542 g/mol. The number of methoxy groups -OCH3 is 4. The first-order chi connectivity index (χ1) is 17.9. The van der Waals surface area contributed by atoms with Gasteiger partial charge in [-0.15, -0.1) is 0 Å². The van der Waals surface area contributed by atoms with Crippen molar-refractivity contribution < 1.29 is 37.6 Å². The van der Waals surface area contributed by atoms with Crippen molar-refractivity contribution in [3.05, 3.63) is 46.5 Å². The Kier molecular flexibility index (Phi) is 7.72. The summed E-state index contributed by atoms with van der Waals surface area (Å²) in [6.45, 7) is 11.4. The molecule has 1 aliphatic carbocycles. The van der Waals surface area contributed by atoms with Crippen LogP contribution < -0.4 is 23.7 Å². The van der Waals surface area contributed by atoms with Gasteiger partial charge in [-0.25, -0.2) is 0 Å². The van der Waals surface area contributed by atoms with E-state index in [0.29, 0.717) is 35.4 Å². The van der Waals surface area contributed by atoms with Gasteiger partial charge in [0.1, 0.15) is 0 Å². The first kappa shape index (κ1) is 27.9. The van der Waals surface area contributed by atoms with Gasteiger partial charge < -0.3 is 32.8 Å². The maximum absolute atomic E-state index is 13.5. The van der Waals surface area contributed by atoms with E-state index < -0.39 is 20.2 Å². The van der Waals surface area contributed by atoms with Crippen LogP contribution in [0.5, 0.6) is 28.7 Å². The third kappa shape index (κ3) is 4.97. The fraction of sp³-hybridized carbons (Fsp3) is 0.483. The molecular weight excluding hydrogens is 504 g/mol. The zero-order valence-corrected chi connectivity index (χ0v) is 24.7. The van der Waals surface area contributed by atoms with Crippen molar-refractivity contribution in [2.24, 2.45) is 5.92 Å². The van der Waals surface area contributed by atoms with Crippen LogP contribution in [-0.2, 0) is 14.0 Å². The molecule has 2 aliphatic rings. The third-order valence-corrected chi connectivity index (χ3v) is 12.4. The molecule has 0 bridgehead atoms. The first-order valence-electron chi connectivity index (χ1n) is 12.6. The molecule has 0 fully saturated rings. The molecule has 0 radical (unpaired) electrons. The Morgan fingerprint density at radius 3 is 2.08 bits per heavy atom. The van der Waals surface area contributed by atoms with E-state index in [0.717, 1.165) is 22.3 Å². The molecule has 206 valence electrons. The van der Waals surface area contributed by atoms with E-state index in [1.807, 2.05) is 30.3 Å². The summed E-state index contributed by atoms with van der Waals surface area (Å²) >= 11 is 0. The van der Waals surface area contributed by atoms with E-state index in [2.05, 4.69) is 33.9 Å². The number of rotatable bonds is 8. The average molecular weight is 543 g/mol. The Morgan fingerprint density at radius 2 is 1.55 bits per heavy atom. The molecule has 0 unspecified atom stereocenters. The summed E-state index contributed by atoms with van der Waals surface area (Å²) in [7, 11) is 4.01. The molecule has 2 aromatic carbocycles. The molecule has 0 amide bonds. The average Bonchev–Trinajstić information content (AvgIpc) is 3.35. The van der Waals surface area contributed by atoms with Crippen LogP contribution in [-0.4, -0.2) is 56.1 Å². The Hall–Kier alpha value is -3.17. The lowest BCUT2D eigenvalue weighted by molar-refractivity contribution is -0.144. The SMILES string of the molecule is COC(=O)[C@@H]1C(CO[Si](C)(C)C(C)(C)C)=Cc2cc3c(cc2[C@H]1c1cc(OC)c(OC)c(OC)c1)OCO3. The zero-order chi connectivity index (χ0) is 27.8. The van der Waals surface area contributed by atoms with Crippen LogP contribution in [0, 0.1) is 5.92 Å². The summed E-state index contributed by atoms with van der Waals surface area (Å²) in [6.07, 6.45) is 2.03. The molecule has 8 nitrogen and oxygen atoms in total. The van der Waals surface area contributed by atoms with E-state index in [9.17, 15) is 4.79 Å². The predicted molar refractivity (Wildman–Crippen MR) is 147 cm³/mol. The number of fused-ring (bicyclic) bond motifs is 2. The molecule has 4 rings (SSSR count). The highest BCUT2D eigenvalue weighted by Gasteiger charge is 2.43. The summed E-state index contributed by atoms with van der Waals surface area (Å²) in [5, 5.41) is 0.0169. The molecule has 0 N–H and O–H groups in total. The topological polar surface area (TPSA) is 81.7 Å². The van der Waals surface area contributed by atoms with Crippen LogP contribution in [0.3, 0.4) is 0 Å². The van der Waals surface area contributed by atoms with Crippen LogP contribution in [0.15, 0.2) is 29.8 Å². The Labute approximate surface area is 225 Å². The van der Waals surface area contributed by atoms with E-state index >= 15 is 0 Å². The van der Waals surface area contributed by atoms with Crippen molar-refractivity contribution in [1.82, 2.24) is 0 Å². The zero-order valence-electron chi connectivity index (χ0n) is 23.7. The molecule has 1 aliphatic heterocycles. The minimum absolute atomic E-state index is 0.0169. The van der Waals surface area contributed by atoms with Gasteiger partial charge in [-0.2, -0.15) is 0 Å². The lowest BCUT2D eigenvalue weighted by Crippen LogP contribution is -2.42. The van der Waals surface area contributed by atoms with E-state index in [1.165, 1.54) is 7.11 Å². The Balaban J connectivity index is 1.92.